The smallest absolute Gasteiger partial charge is 0.164 e. The SMILES string of the molecule is c1ccc(-c2nc(-c3ccc4c(c3)oc3cccc(-c5ccccc5-n5c6ccccc6c6ccccc65)c34)nc(-c3cccc4sc5ccccc5c34)n2)cc1. The first-order valence-corrected chi connectivity index (χ1v) is 19.8. The molecule has 12 aromatic rings. The number of nitrogens with zero attached hydrogens (tertiary/aromatic N) is 4. The van der Waals surface area contributed by atoms with Crippen molar-refractivity contribution in [3.05, 3.63) is 182 Å². The quantitative estimate of drug-likeness (QED) is 0.176. The minimum Gasteiger partial charge on any atom is -0.456 e. The molecule has 0 saturated heterocycles. The maximum absolute atomic E-state index is 6.70. The molecule has 6 heteroatoms. The molecule has 8 aromatic carbocycles. The fourth-order valence-electron chi connectivity index (χ4n) is 8.57. The molecule has 0 aliphatic carbocycles. The molecular formula is C51H30N4OS. The van der Waals surface area contributed by atoms with E-state index in [1.54, 1.807) is 11.3 Å². The van der Waals surface area contributed by atoms with E-state index in [1.165, 1.54) is 36.6 Å². The lowest BCUT2D eigenvalue weighted by atomic mass is 9.97. The summed E-state index contributed by atoms with van der Waals surface area (Å²) in [6.07, 6.45) is 0. The molecule has 0 atom stereocenters. The molecule has 0 amide bonds. The summed E-state index contributed by atoms with van der Waals surface area (Å²) in [5.41, 5.74) is 10.1. The van der Waals surface area contributed by atoms with Crippen LogP contribution in [0, 0.1) is 0 Å². The van der Waals surface area contributed by atoms with Gasteiger partial charge in [-0.1, -0.05) is 133 Å². The first kappa shape index (κ1) is 31.9. The summed E-state index contributed by atoms with van der Waals surface area (Å²) in [4.78, 5) is 15.4. The van der Waals surface area contributed by atoms with E-state index in [2.05, 4.69) is 156 Å². The minimum atomic E-state index is 0.592. The summed E-state index contributed by atoms with van der Waals surface area (Å²) < 4.78 is 11.5. The van der Waals surface area contributed by atoms with Crippen LogP contribution in [-0.4, -0.2) is 19.5 Å². The molecule has 57 heavy (non-hydrogen) atoms. The zero-order chi connectivity index (χ0) is 37.5. The Kier molecular flexibility index (Phi) is 7.03. The normalized spacial score (nSPS) is 11.9. The first-order valence-electron chi connectivity index (χ1n) is 19.0. The van der Waals surface area contributed by atoms with Crippen molar-refractivity contribution in [3.8, 4) is 51.0 Å². The average molecular weight is 747 g/mol. The van der Waals surface area contributed by atoms with Crippen LogP contribution in [0.1, 0.15) is 0 Å². The Balaban J connectivity index is 1.04. The number of rotatable bonds is 5. The van der Waals surface area contributed by atoms with Crippen molar-refractivity contribution in [2.75, 3.05) is 0 Å². The number of hydrogen-bond donors (Lipinski definition) is 0. The number of fused-ring (bicyclic) bond motifs is 9. The summed E-state index contributed by atoms with van der Waals surface area (Å²) >= 11 is 1.79. The highest BCUT2D eigenvalue weighted by Crippen LogP contribution is 2.43. The standard InChI is InChI=1S/C51H30N4OS/c1-2-14-31(15-3-1)49-52-50(54-51(53-49)39-21-13-27-46-48(39)38-19-7-11-26-45(38)57-46)32-28-29-37-44(30-32)56-43-25-12-20-36(47(37)43)35-18-6-10-24-42(35)55-40-22-8-4-16-33(40)34-17-5-9-23-41(34)55/h1-30H. The fraction of sp³-hybridized carbons (Fsp3) is 0. The number of furan rings is 1. The molecule has 0 radical (unpaired) electrons. The fourth-order valence-corrected chi connectivity index (χ4v) is 9.70. The molecule has 0 aliphatic heterocycles. The topological polar surface area (TPSA) is 56.7 Å². The highest BCUT2D eigenvalue weighted by molar-refractivity contribution is 7.25. The van der Waals surface area contributed by atoms with E-state index < -0.39 is 0 Å². The molecule has 5 nitrogen and oxygen atoms in total. The molecule has 0 aliphatic rings. The molecule has 266 valence electrons. The molecule has 0 spiro atoms. The van der Waals surface area contributed by atoms with Crippen LogP contribution in [0.5, 0.6) is 0 Å². The van der Waals surface area contributed by atoms with Gasteiger partial charge in [0.05, 0.1) is 16.7 Å². The number of para-hydroxylation sites is 3. The third-order valence-electron chi connectivity index (χ3n) is 11.1. The lowest BCUT2D eigenvalue weighted by molar-refractivity contribution is 0.669. The summed E-state index contributed by atoms with van der Waals surface area (Å²) in [5.74, 6) is 1.86. The summed E-state index contributed by atoms with van der Waals surface area (Å²) in [6.45, 7) is 0. The van der Waals surface area contributed by atoms with Gasteiger partial charge < -0.3 is 8.98 Å². The van der Waals surface area contributed by atoms with Crippen molar-refractivity contribution in [2.24, 2.45) is 0 Å². The number of thiophene rings is 1. The van der Waals surface area contributed by atoms with E-state index in [0.717, 1.165) is 60.8 Å². The lowest BCUT2D eigenvalue weighted by Crippen LogP contribution is -2.00. The molecule has 0 saturated carbocycles. The van der Waals surface area contributed by atoms with E-state index in [4.69, 9.17) is 19.4 Å². The first-order chi connectivity index (χ1) is 28.3. The largest absolute Gasteiger partial charge is 0.456 e. The summed E-state index contributed by atoms with van der Waals surface area (Å²) in [5, 5.41) is 6.95. The highest BCUT2D eigenvalue weighted by Gasteiger charge is 2.21. The van der Waals surface area contributed by atoms with Gasteiger partial charge >= 0.3 is 0 Å². The predicted molar refractivity (Wildman–Crippen MR) is 236 cm³/mol. The van der Waals surface area contributed by atoms with Crippen LogP contribution in [0.3, 0.4) is 0 Å². The van der Waals surface area contributed by atoms with Crippen LogP contribution >= 0.6 is 11.3 Å². The second-order valence-electron chi connectivity index (χ2n) is 14.3. The Bertz CT molecular complexity index is 3490. The molecular weight excluding hydrogens is 717 g/mol. The average Bonchev–Trinajstić information content (AvgIpc) is 3.96. The van der Waals surface area contributed by atoms with Gasteiger partial charge in [-0.3, -0.25) is 0 Å². The van der Waals surface area contributed by atoms with Gasteiger partial charge in [0.15, 0.2) is 17.5 Å². The Morgan fingerprint density at radius 2 is 1.00 bits per heavy atom. The zero-order valence-electron chi connectivity index (χ0n) is 30.4. The van der Waals surface area contributed by atoms with Gasteiger partial charge in [-0.05, 0) is 54.1 Å². The molecule has 12 rings (SSSR count). The third-order valence-corrected chi connectivity index (χ3v) is 12.2. The van der Waals surface area contributed by atoms with Gasteiger partial charge in [-0.2, -0.15) is 0 Å². The van der Waals surface area contributed by atoms with Gasteiger partial charge in [0.1, 0.15) is 11.2 Å². The van der Waals surface area contributed by atoms with Gasteiger partial charge in [0.25, 0.3) is 0 Å². The molecule has 4 aromatic heterocycles. The maximum atomic E-state index is 6.70. The second-order valence-corrected chi connectivity index (χ2v) is 15.4. The van der Waals surface area contributed by atoms with Crippen molar-refractivity contribution >= 4 is 75.3 Å². The Morgan fingerprint density at radius 3 is 1.82 bits per heavy atom. The van der Waals surface area contributed by atoms with E-state index in [0.29, 0.717) is 17.5 Å². The molecule has 0 unspecified atom stereocenters. The van der Waals surface area contributed by atoms with Crippen LogP contribution in [0.4, 0.5) is 0 Å². The zero-order valence-corrected chi connectivity index (χ0v) is 31.2. The lowest BCUT2D eigenvalue weighted by Gasteiger charge is -2.14. The van der Waals surface area contributed by atoms with Crippen LogP contribution in [-0.2, 0) is 0 Å². The molecule has 0 N–H and O–H groups in total. The van der Waals surface area contributed by atoms with Gasteiger partial charge in [-0.15, -0.1) is 11.3 Å². The molecule has 4 heterocycles. The van der Waals surface area contributed by atoms with E-state index in [1.807, 2.05) is 30.3 Å². The van der Waals surface area contributed by atoms with E-state index in [9.17, 15) is 0 Å². The highest BCUT2D eigenvalue weighted by atomic mass is 32.1. The number of hydrogen-bond acceptors (Lipinski definition) is 5. The maximum Gasteiger partial charge on any atom is 0.164 e. The Hall–Kier alpha value is -7.41. The number of aromatic nitrogens is 4. The number of benzene rings is 8. The van der Waals surface area contributed by atoms with Gasteiger partial charge in [-0.25, -0.2) is 15.0 Å². The third kappa shape index (κ3) is 4.98. The predicted octanol–water partition coefficient (Wildman–Crippen LogP) is 13.9. The van der Waals surface area contributed by atoms with Crippen molar-refractivity contribution in [2.45, 2.75) is 0 Å². The Morgan fingerprint density at radius 1 is 0.386 bits per heavy atom. The van der Waals surface area contributed by atoms with Crippen molar-refractivity contribution < 1.29 is 4.42 Å². The van der Waals surface area contributed by atoms with Crippen LogP contribution < -0.4 is 0 Å². The second kappa shape index (κ2) is 12.6. The minimum absolute atomic E-state index is 0.592. The van der Waals surface area contributed by atoms with Crippen molar-refractivity contribution in [1.29, 1.82) is 0 Å². The monoisotopic (exact) mass is 746 g/mol. The molecule has 0 fully saturated rings. The van der Waals surface area contributed by atoms with Crippen molar-refractivity contribution in [3.63, 3.8) is 0 Å². The molecule has 0 bridgehead atoms. The van der Waals surface area contributed by atoms with Crippen LogP contribution in [0.2, 0.25) is 0 Å². The van der Waals surface area contributed by atoms with Crippen LogP contribution in [0.15, 0.2) is 186 Å². The summed E-state index contributed by atoms with van der Waals surface area (Å²) in [7, 11) is 0. The van der Waals surface area contributed by atoms with Gasteiger partial charge in [0.2, 0.25) is 0 Å². The summed E-state index contributed by atoms with van der Waals surface area (Å²) in [6, 6.07) is 63.7. The van der Waals surface area contributed by atoms with Gasteiger partial charge in [0, 0.05) is 64.0 Å². The van der Waals surface area contributed by atoms with Crippen LogP contribution in [0.25, 0.3) is 115 Å². The Labute approximate surface area is 330 Å². The van der Waals surface area contributed by atoms with Crippen molar-refractivity contribution in [1.82, 2.24) is 19.5 Å². The van der Waals surface area contributed by atoms with E-state index >= 15 is 0 Å². The van der Waals surface area contributed by atoms with E-state index in [-0.39, 0.29) is 0 Å².